The lowest BCUT2D eigenvalue weighted by atomic mass is 10.3. The molecule has 0 bridgehead atoms. The van der Waals surface area contributed by atoms with Crippen LogP contribution in [0.25, 0.3) is 0 Å². The van der Waals surface area contributed by atoms with E-state index in [9.17, 15) is 4.79 Å². The number of hydrogen-bond acceptors (Lipinski definition) is 5. The Morgan fingerprint density at radius 3 is 2.88 bits per heavy atom. The van der Waals surface area contributed by atoms with Gasteiger partial charge in [-0.15, -0.1) is 12.4 Å². The Kier molecular flexibility index (Phi) is 7.24. The van der Waals surface area contributed by atoms with Crippen molar-refractivity contribution in [2.45, 2.75) is 6.61 Å². The summed E-state index contributed by atoms with van der Waals surface area (Å²) in [6.07, 6.45) is 1.69. The Labute approximate surface area is 101 Å². The molecule has 0 saturated heterocycles. The van der Waals surface area contributed by atoms with Crippen LogP contribution in [0.1, 0.15) is 5.56 Å². The molecule has 1 rings (SSSR count). The summed E-state index contributed by atoms with van der Waals surface area (Å²) in [5.41, 5.74) is 0.865. The minimum absolute atomic E-state index is 0. The van der Waals surface area contributed by atoms with Crippen molar-refractivity contribution in [2.75, 3.05) is 26.0 Å². The first-order valence-corrected chi connectivity index (χ1v) is 4.69. The van der Waals surface area contributed by atoms with Gasteiger partial charge in [0.1, 0.15) is 12.4 Å². The monoisotopic (exact) mass is 245 g/mol. The molecular weight excluding hydrogens is 230 g/mol. The number of nitrogens with zero attached hydrogens (tertiary/aromatic N) is 1. The fourth-order valence-electron chi connectivity index (χ4n) is 1.13. The third kappa shape index (κ3) is 4.46. The number of halogens is 1. The zero-order valence-corrected chi connectivity index (χ0v) is 10.1. The molecule has 0 fully saturated rings. The van der Waals surface area contributed by atoms with Gasteiger partial charge in [-0.1, -0.05) is 6.07 Å². The smallest absolute Gasteiger partial charge is 0.320 e. The SMILES string of the molecule is CNCC(=O)OCc1cccnc1NC.Cl. The van der Waals surface area contributed by atoms with Gasteiger partial charge >= 0.3 is 5.97 Å². The highest BCUT2D eigenvalue weighted by atomic mass is 35.5. The molecule has 2 N–H and O–H groups in total. The summed E-state index contributed by atoms with van der Waals surface area (Å²) in [6.45, 7) is 0.458. The Hall–Kier alpha value is -1.33. The molecule has 0 aromatic carbocycles. The van der Waals surface area contributed by atoms with Crippen molar-refractivity contribution in [3.8, 4) is 0 Å². The minimum atomic E-state index is -0.275. The molecule has 0 unspecified atom stereocenters. The van der Waals surface area contributed by atoms with E-state index in [2.05, 4.69) is 15.6 Å². The van der Waals surface area contributed by atoms with Crippen molar-refractivity contribution in [2.24, 2.45) is 0 Å². The van der Waals surface area contributed by atoms with Crippen molar-refractivity contribution in [1.29, 1.82) is 0 Å². The molecule has 6 heteroatoms. The van der Waals surface area contributed by atoms with Crippen molar-refractivity contribution in [3.05, 3.63) is 23.9 Å². The average molecular weight is 246 g/mol. The third-order valence-electron chi connectivity index (χ3n) is 1.84. The topological polar surface area (TPSA) is 63.2 Å². The van der Waals surface area contributed by atoms with Gasteiger partial charge in [0.2, 0.25) is 0 Å². The molecular formula is C10H16ClN3O2. The van der Waals surface area contributed by atoms with Crippen LogP contribution in [-0.4, -0.2) is 31.6 Å². The molecule has 0 amide bonds. The highest BCUT2D eigenvalue weighted by Gasteiger charge is 2.05. The first-order valence-electron chi connectivity index (χ1n) is 4.69. The number of likely N-dealkylation sites (N-methyl/N-ethyl adjacent to an activating group) is 1. The van der Waals surface area contributed by atoms with Crippen LogP contribution in [0.15, 0.2) is 18.3 Å². The lowest BCUT2D eigenvalue weighted by Gasteiger charge is -2.08. The Balaban J connectivity index is 0.00000225. The molecule has 0 aliphatic heterocycles. The van der Waals surface area contributed by atoms with Crippen molar-refractivity contribution >= 4 is 24.2 Å². The number of aromatic nitrogens is 1. The van der Waals surface area contributed by atoms with Gasteiger partial charge in [0.05, 0.1) is 6.54 Å². The number of esters is 1. The molecule has 0 aliphatic carbocycles. The van der Waals surface area contributed by atoms with E-state index in [1.54, 1.807) is 20.3 Å². The first-order chi connectivity index (χ1) is 7.27. The second-order valence-electron chi connectivity index (χ2n) is 2.95. The maximum atomic E-state index is 11.1. The van der Waals surface area contributed by atoms with Gasteiger partial charge in [0.25, 0.3) is 0 Å². The van der Waals surface area contributed by atoms with Gasteiger partial charge in [-0.05, 0) is 13.1 Å². The lowest BCUT2D eigenvalue weighted by Crippen LogP contribution is -2.20. The molecule has 0 aliphatic rings. The molecule has 0 atom stereocenters. The number of anilines is 1. The standard InChI is InChI=1S/C10H15N3O2.ClH/c1-11-6-9(14)15-7-8-4-3-5-13-10(8)12-2;/h3-5,11H,6-7H2,1-2H3,(H,12,13);1H. The van der Waals surface area contributed by atoms with Gasteiger partial charge in [-0.2, -0.15) is 0 Å². The van der Waals surface area contributed by atoms with Crippen LogP contribution in [0.2, 0.25) is 0 Å². The van der Waals surface area contributed by atoms with Crippen LogP contribution in [0.4, 0.5) is 5.82 Å². The number of pyridine rings is 1. The van der Waals surface area contributed by atoms with Gasteiger partial charge in [0, 0.05) is 18.8 Å². The average Bonchev–Trinajstić information content (AvgIpc) is 2.27. The number of nitrogens with one attached hydrogen (secondary N) is 2. The molecule has 0 spiro atoms. The molecule has 90 valence electrons. The third-order valence-corrected chi connectivity index (χ3v) is 1.84. The van der Waals surface area contributed by atoms with Crippen molar-refractivity contribution in [1.82, 2.24) is 10.3 Å². The summed E-state index contributed by atoms with van der Waals surface area (Å²) in [5, 5.41) is 5.66. The Morgan fingerprint density at radius 2 is 2.25 bits per heavy atom. The molecule has 0 saturated carbocycles. The summed E-state index contributed by atoms with van der Waals surface area (Å²) in [4.78, 5) is 15.2. The molecule has 5 nitrogen and oxygen atoms in total. The van der Waals surface area contributed by atoms with Crippen LogP contribution in [0.3, 0.4) is 0 Å². The van der Waals surface area contributed by atoms with Gasteiger partial charge in [0.15, 0.2) is 0 Å². The minimum Gasteiger partial charge on any atom is -0.460 e. The quantitative estimate of drug-likeness (QED) is 0.752. The molecule has 1 aromatic rings. The zero-order chi connectivity index (χ0) is 11.1. The molecule has 1 heterocycles. The summed E-state index contributed by atoms with van der Waals surface area (Å²) in [6, 6.07) is 3.67. The van der Waals surface area contributed by atoms with E-state index in [1.807, 2.05) is 12.1 Å². The van der Waals surface area contributed by atoms with E-state index in [0.29, 0.717) is 0 Å². The second kappa shape index (κ2) is 7.90. The summed E-state index contributed by atoms with van der Waals surface area (Å²) in [5.74, 6) is 0.457. The van der Waals surface area contributed by atoms with Gasteiger partial charge < -0.3 is 15.4 Å². The Bertz CT molecular complexity index is 334. The second-order valence-corrected chi connectivity index (χ2v) is 2.95. The maximum Gasteiger partial charge on any atom is 0.320 e. The van der Waals surface area contributed by atoms with Gasteiger partial charge in [-0.25, -0.2) is 4.98 Å². The number of rotatable bonds is 5. The van der Waals surface area contributed by atoms with Crippen LogP contribution in [0, 0.1) is 0 Å². The molecule has 1 aromatic heterocycles. The van der Waals surface area contributed by atoms with E-state index in [1.165, 1.54) is 0 Å². The summed E-state index contributed by atoms with van der Waals surface area (Å²) < 4.78 is 5.03. The maximum absolute atomic E-state index is 11.1. The summed E-state index contributed by atoms with van der Waals surface area (Å²) >= 11 is 0. The predicted molar refractivity (Wildman–Crippen MR) is 64.8 cm³/mol. The van der Waals surface area contributed by atoms with E-state index in [4.69, 9.17) is 4.74 Å². The van der Waals surface area contributed by atoms with Crippen molar-refractivity contribution < 1.29 is 9.53 Å². The highest BCUT2D eigenvalue weighted by Crippen LogP contribution is 2.11. The molecule has 0 radical (unpaired) electrons. The fraction of sp³-hybridized carbons (Fsp3) is 0.400. The number of carbonyl (C=O) groups excluding carboxylic acids is 1. The normalized spacial score (nSPS) is 9.12. The van der Waals surface area contributed by atoms with Crippen LogP contribution >= 0.6 is 12.4 Å². The van der Waals surface area contributed by atoms with Crippen LogP contribution < -0.4 is 10.6 Å². The largest absolute Gasteiger partial charge is 0.460 e. The molecule has 16 heavy (non-hydrogen) atoms. The number of hydrogen-bond donors (Lipinski definition) is 2. The van der Waals surface area contributed by atoms with E-state index < -0.39 is 0 Å². The summed E-state index contributed by atoms with van der Waals surface area (Å²) in [7, 11) is 3.48. The van der Waals surface area contributed by atoms with Crippen molar-refractivity contribution in [3.63, 3.8) is 0 Å². The van der Waals surface area contributed by atoms with Gasteiger partial charge in [-0.3, -0.25) is 4.79 Å². The first kappa shape index (κ1) is 14.7. The zero-order valence-electron chi connectivity index (χ0n) is 9.32. The fourth-order valence-corrected chi connectivity index (χ4v) is 1.13. The van der Waals surface area contributed by atoms with E-state index in [-0.39, 0.29) is 31.5 Å². The Morgan fingerprint density at radius 1 is 1.50 bits per heavy atom. The number of carbonyl (C=O) groups is 1. The van der Waals surface area contributed by atoms with E-state index >= 15 is 0 Å². The van der Waals surface area contributed by atoms with E-state index in [0.717, 1.165) is 11.4 Å². The predicted octanol–water partition coefficient (Wildman–Crippen LogP) is 0.808. The van der Waals surface area contributed by atoms with Crippen LogP contribution in [0.5, 0.6) is 0 Å². The number of ether oxygens (including phenoxy) is 1. The van der Waals surface area contributed by atoms with Crippen LogP contribution in [-0.2, 0) is 16.1 Å². The lowest BCUT2D eigenvalue weighted by molar-refractivity contribution is -0.143. The highest BCUT2D eigenvalue weighted by molar-refractivity contribution is 5.85.